The van der Waals surface area contributed by atoms with Gasteiger partial charge < -0.3 is 4.90 Å². The maximum atomic E-state index is 11.9. The van der Waals surface area contributed by atoms with E-state index in [0.29, 0.717) is 6.42 Å². The third-order valence-corrected chi connectivity index (χ3v) is 6.35. The van der Waals surface area contributed by atoms with Gasteiger partial charge in [0.05, 0.1) is 6.04 Å². The topological polar surface area (TPSA) is 20.3 Å². The summed E-state index contributed by atoms with van der Waals surface area (Å²) >= 11 is 11.7. The van der Waals surface area contributed by atoms with Gasteiger partial charge in [0.15, 0.2) is 0 Å². The summed E-state index contributed by atoms with van der Waals surface area (Å²) in [6.07, 6.45) is 6.88. The molecule has 2 aromatic carbocycles. The van der Waals surface area contributed by atoms with E-state index in [2.05, 4.69) is 45.7 Å². The Morgan fingerprint density at radius 1 is 0.921 bits per heavy atom. The van der Waals surface area contributed by atoms with Gasteiger partial charge in [-0.1, -0.05) is 106 Å². The fraction of sp³-hybridized carbons (Fsp3) is 0.441. The summed E-state index contributed by atoms with van der Waals surface area (Å²) in [6.45, 7) is 24.8. The second-order valence-corrected chi connectivity index (χ2v) is 10.3. The van der Waals surface area contributed by atoms with E-state index in [-0.39, 0.29) is 11.9 Å². The van der Waals surface area contributed by atoms with Crippen LogP contribution in [0.1, 0.15) is 91.2 Å². The molecule has 3 rings (SSSR count). The van der Waals surface area contributed by atoms with Crippen molar-refractivity contribution in [2.75, 3.05) is 6.54 Å². The normalized spacial score (nSPS) is 12.6. The molecule has 38 heavy (non-hydrogen) atoms. The van der Waals surface area contributed by atoms with Gasteiger partial charge in [-0.15, -0.1) is 6.58 Å². The van der Waals surface area contributed by atoms with Crippen molar-refractivity contribution in [3.8, 4) is 0 Å². The summed E-state index contributed by atoms with van der Waals surface area (Å²) in [4.78, 5) is 13.9. The average Bonchev–Trinajstić information content (AvgIpc) is 3.33. The highest BCUT2D eigenvalue weighted by Crippen LogP contribution is 2.28. The lowest BCUT2D eigenvalue weighted by molar-refractivity contribution is -0.128. The predicted molar refractivity (Wildman–Crippen MR) is 171 cm³/mol. The summed E-state index contributed by atoms with van der Waals surface area (Å²) in [5, 5.41) is 1.53. The minimum absolute atomic E-state index is 0.126. The van der Waals surface area contributed by atoms with E-state index < -0.39 is 0 Å². The zero-order valence-corrected chi connectivity index (χ0v) is 26.1. The van der Waals surface area contributed by atoms with Crippen molar-refractivity contribution in [1.82, 2.24) is 4.90 Å². The molecule has 0 radical (unpaired) electrons. The smallest absolute Gasteiger partial charge is 0.223 e. The highest BCUT2D eigenvalue weighted by Gasteiger charge is 2.29. The van der Waals surface area contributed by atoms with Gasteiger partial charge in [0.2, 0.25) is 5.91 Å². The Balaban J connectivity index is 0.000000625. The molecule has 1 fully saturated rings. The number of nitrogens with zero attached hydrogens (tertiary/aromatic N) is 1. The minimum atomic E-state index is 0.126. The van der Waals surface area contributed by atoms with Crippen LogP contribution in [0.5, 0.6) is 0 Å². The Morgan fingerprint density at radius 2 is 1.42 bits per heavy atom. The molecule has 1 saturated heterocycles. The Labute approximate surface area is 243 Å². The third kappa shape index (κ3) is 14.6. The van der Waals surface area contributed by atoms with Crippen molar-refractivity contribution in [3.05, 3.63) is 101 Å². The largest absolute Gasteiger partial charge is 0.336 e. The van der Waals surface area contributed by atoms with Crippen LogP contribution in [-0.2, 0) is 11.2 Å². The molecule has 2 aromatic rings. The molecule has 1 aliphatic heterocycles. The predicted octanol–water partition coefficient (Wildman–Crippen LogP) is 11.0. The average molecular weight is 559 g/mol. The molecule has 0 bridgehead atoms. The Hall–Kier alpha value is -2.29. The second kappa shape index (κ2) is 20.6. The van der Waals surface area contributed by atoms with Crippen LogP contribution in [0.4, 0.5) is 0 Å². The van der Waals surface area contributed by atoms with Gasteiger partial charge in [0.25, 0.3) is 0 Å². The van der Waals surface area contributed by atoms with E-state index in [1.54, 1.807) is 0 Å². The SMILES string of the molecule is C=C(C)C.C=C(CC)CCc1ccc(Cl)cc1.C=C(c1ccc(Cl)cc1)C(CCC)N1CCCC1=O.CC. The number of hydrogen-bond donors (Lipinski definition) is 0. The van der Waals surface area contributed by atoms with E-state index >= 15 is 0 Å². The lowest BCUT2D eigenvalue weighted by atomic mass is 9.95. The Kier molecular flexibility index (Phi) is 19.4. The Morgan fingerprint density at radius 3 is 1.84 bits per heavy atom. The first-order valence-corrected chi connectivity index (χ1v) is 14.6. The van der Waals surface area contributed by atoms with Crippen molar-refractivity contribution in [3.63, 3.8) is 0 Å². The van der Waals surface area contributed by atoms with E-state index in [1.165, 1.54) is 16.7 Å². The molecular formula is C34H49Cl2NO. The van der Waals surface area contributed by atoms with Crippen molar-refractivity contribution < 1.29 is 4.79 Å². The van der Waals surface area contributed by atoms with E-state index in [0.717, 1.165) is 66.3 Å². The van der Waals surface area contributed by atoms with Gasteiger partial charge in [-0.3, -0.25) is 4.79 Å². The van der Waals surface area contributed by atoms with E-state index in [9.17, 15) is 4.79 Å². The number of benzene rings is 2. The van der Waals surface area contributed by atoms with Crippen molar-refractivity contribution >= 4 is 34.7 Å². The second-order valence-electron chi connectivity index (χ2n) is 9.46. The molecule has 0 aliphatic carbocycles. The summed E-state index contributed by atoms with van der Waals surface area (Å²) in [6, 6.07) is 15.9. The number of carbonyl (C=O) groups is 1. The number of aryl methyl sites for hydroxylation is 1. The van der Waals surface area contributed by atoms with Crippen molar-refractivity contribution in [1.29, 1.82) is 0 Å². The number of halogens is 2. The third-order valence-electron chi connectivity index (χ3n) is 5.85. The van der Waals surface area contributed by atoms with Gasteiger partial charge in [-0.2, -0.15) is 0 Å². The lowest BCUT2D eigenvalue weighted by Crippen LogP contribution is -2.36. The fourth-order valence-corrected chi connectivity index (χ4v) is 4.05. The number of likely N-dealkylation sites (tertiary alicyclic amines) is 1. The van der Waals surface area contributed by atoms with Crippen LogP contribution in [0.2, 0.25) is 10.0 Å². The highest BCUT2D eigenvalue weighted by atomic mass is 35.5. The quantitative estimate of drug-likeness (QED) is 0.280. The van der Waals surface area contributed by atoms with Gasteiger partial charge >= 0.3 is 0 Å². The molecule has 210 valence electrons. The van der Waals surface area contributed by atoms with E-state index in [4.69, 9.17) is 23.2 Å². The van der Waals surface area contributed by atoms with Crippen molar-refractivity contribution in [2.45, 2.75) is 92.5 Å². The van der Waals surface area contributed by atoms with Crippen molar-refractivity contribution in [2.24, 2.45) is 0 Å². The molecule has 1 aliphatic rings. The van der Waals surface area contributed by atoms with Crippen LogP contribution in [-0.4, -0.2) is 23.4 Å². The molecule has 2 nitrogen and oxygen atoms in total. The molecule has 0 spiro atoms. The van der Waals surface area contributed by atoms with Gasteiger partial charge in [0, 0.05) is 23.0 Å². The van der Waals surface area contributed by atoms with Crippen LogP contribution in [0.25, 0.3) is 5.57 Å². The maximum absolute atomic E-state index is 11.9. The number of allylic oxidation sites excluding steroid dienone is 2. The van der Waals surface area contributed by atoms with Crippen LogP contribution < -0.4 is 0 Å². The molecule has 1 unspecified atom stereocenters. The monoisotopic (exact) mass is 557 g/mol. The number of carbonyl (C=O) groups excluding carboxylic acids is 1. The minimum Gasteiger partial charge on any atom is -0.336 e. The molecule has 4 heteroatoms. The summed E-state index contributed by atoms with van der Waals surface area (Å²) in [5.41, 5.74) is 5.91. The molecule has 0 N–H and O–H groups in total. The van der Waals surface area contributed by atoms with Gasteiger partial charge in [-0.05, 0) is 86.9 Å². The molecule has 1 heterocycles. The lowest BCUT2D eigenvalue weighted by Gasteiger charge is -2.29. The summed E-state index contributed by atoms with van der Waals surface area (Å²) in [5.74, 6) is 0.258. The van der Waals surface area contributed by atoms with Gasteiger partial charge in [0.1, 0.15) is 0 Å². The number of hydrogen-bond acceptors (Lipinski definition) is 1. The molecular weight excluding hydrogens is 509 g/mol. The van der Waals surface area contributed by atoms with E-state index in [1.807, 2.05) is 69.0 Å². The molecule has 1 atom stereocenters. The number of amides is 1. The van der Waals surface area contributed by atoms with Crippen LogP contribution in [0, 0.1) is 0 Å². The fourth-order valence-electron chi connectivity index (χ4n) is 3.80. The standard InChI is InChI=1S/C16H20ClNO.C12H15Cl.C4H8.C2H6/c1-3-5-15(18-11-4-6-16(18)19)12(2)13-7-9-14(17)10-8-13;1-3-10(2)4-5-11-6-8-12(13)9-7-11;1-4(2)3;1-2/h7-10,15H,2-6,11H2,1H3;6-9H,2-5H2,1H3;1H2,2-3H3;1-2H3. The highest BCUT2D eigenvalue weighted by molar-refractivity contribution is 6.30. The molecule has 1 amide bonds. The first kappa shape index (κ1) is 35.7. The zero-order chi connectivity index (χ0) is 29.1. The Bertz CT molecular complexity index is 973. The molecule has 0 aromatic heterocycles. The first-order chi connectivity index (χ1) is 18.1. The number of rotatable bonds is 9. The van der Waals surface area contributed by atoms with Crippen LogP contribution in [0.3, 0.4) is 0 Å². The summed E-state index contributed by atoms with van der Waals surface area (Å²) in [7, 11) is 0. The van der Waals surface area contributed by atoms with Crippen LogP contribution in [0.15, 0.2) is 79.4 Å². The van der Waals surface area contributed by atoms with Gasteiger partial charge in [-0.25, -0.2) is 0 Å². The van der Waals surface area contributed by atoms with Crippen LogP contribution >= 0.6 is 23.2 Å². The first-order valence-electron chi connectivity index (χ1n) is 13.9. The zero-order valence-electron chi connectivity index (χ0n) is 24.6. The summed E-state index contributed by atoms with van der Waals surface area (Å²) < 4.78 is 0. The maximum Gasteiger partial charge on any atom is 0.223 e. The molecule has 0 saturated carbocycles.